The number of carbonyl (C=O) groups is 2. The van der Waals surface area contributed by atoms with E-state index in [9.17, 15) is 19.7 Å². The number of nitro groups is 1. The van der Waals surface area contributed by atoms with E-state index in [1.807, 2.05) is 0 Å². The molecule has 0 amide bonds. The van der Waals surface area contributed by atoms with Gasteiger partial charge in [-0.05, 0) is 19.9 Å². The minimum absolute atomic E-state index is 0.0124. The van der Waals surface area contributed by atoms with Crippen LogP contribution in [0.25, 0.3) is 0 Å². The van der Waals surface area contributed by atoms with Crippen molar-refractivity contribution in [2.24, 2.45) is 5.92 Å². The molecule has 1 unspecified atom stereocenters. The van der Waals surface area contributed by atoms with Gasteiger partial charge in [-0.3, -0.25) is 19.7 Å². The summed E-state index contributed by atoms with van der Waals surface area (Å²) >= 11 is 0. The van der Waals surface area contributed by atoms with Crippen molar-refractivity contribution in [3.05, 3.63) is 21.7 Å². The Kier molecular flexibility index (Phi) is 7.46. The van der Waals surface area contributed by atoms with E-state index in [4.69, 9.17) is 28.4 Å². The summed E-state index contributed by atoms with van der Waals surface area (Å²) in [7, 11) is 2.71. The minimum Gasteiger partial charge on any atom is -0.493 e. The lowest BCUT2D eigenvalue weighted by Crippen LogP contribution is -2.36. The molecule has 0 radical (unpaired) electrons. The van der Waals surface area contributed by atoms with Gasteiger partial charge in [0.1, 0.15) is 0 Å². The van der Waals surface area contributed by atoms with Crippen molar-refractivity contribution in [2.45, 2.75) is 19.8 Å². The van der Waals surface area contributed by atoms with Crippen LogP contribution in [0.4, 0.5) is 0 Å². The predicted molar refractivity (Wildman–Crippen MR) is 97.0 cm³/mol. The van der Waals surface area contributed by atoms with E-state index >= 15 is 0 Å². The van der Waals surface area contributed by atoms with Crippen molar-refractivity contribution in [1.82, 2.24) is 0 Å². The summed E-state index contributed by atoms with van der Waals surface area (Å²) in [4.78, 5) is 35.9. The Labute approximate surface area is 166 Å². The number of benzene rings is 1. The Morgan fingerprint density at radius 2 is 1.69 bits per heavy atom. The molecule has 0 saturated heterocycles. The molecule has 1 aromatic carbocycles. The monoisotopic (exact) mass is 413 g/mol. The summed E-state index contributed by atoms with van der Waals surface area (Å²) in [6, 6.07) is 1.42. The van der Waals surface area contributed by atoms with Gasteiger partial charge in [0.05, 0.1) is 33.4 Å². The molecule has 0 aliphatic carbocycles. The Bertz CT molecular complexity index is 760. The average Bonchev–Trinajstić information content (AvgIpc) is 3.16. The van der Waals surface area contributed by atoms with Gasteiger partial charge in [0, 0.05) is 10.5 Å². The van der Waals surface area contributed by atoms with E-state index < -0.39 is 35.2 Å². The van der Waals surface area contributed by atoms with Gasteiger partial charge in [-0.1, -0.05) is 0 Å². The summed E-state index contributed by atoms with van der Waals surface area (Å²) in [6.07, 6.45) is 0. The minimum atomic E-state index is -1.58. The second-order valence-electron chi connectivity index (χ2n) is 5.87. The molecule has 0 bridgehead atoms. The number of esters is 2. The number of carbonyl (C=O) groups excluding carboxylic acids is 2. The molecule has 1 aromatic rings. The molecule has 2 rings (SSSR count). The van der Waals surface area contributed by atoms with Crippen molar-refractivity contribution in [3.63, 3.8) is 0 Å². The third-order valence-electron chi connectivity index (χ3n) is 4.24. The molecule has 0 saturated carbocycles. The van der Waals surface area contributed by atoms with E-state index in [2.05, 4.69) is 0 Å². The summed E-state index contributed by atoms with van der Waals surface area (Å²) in [5.74, 6) is -3.97. The molecular formula is C18H23NO10. The number of ether oxygens (including phenoxy) is 6. The number of rotatable bonds is 10. The van der Waals surface area contributed by atoms with Gasteiger partial charge in [0.15, 0.2) is 17.4 Å². The first-order valence-electron chi connectivity index (χ1n) is 8.88. The van der Waals surface area contributed by atoms with Crippen LogP contribution in [0.2, 0.25) is 0 Å². The molecule has 0 fully saturated rings. The van der Waals surface area contributed by atoms with Crippen molar-refractivity contribution >= 4 is 11.9 Å². The molecule has 160 valence electrons. The number of fused-ring (bicyclic) bond motifs is 1. The molecule has 1 aliphatic rings. The van der Waals surface area contributed by atoms with Gasteiger partial charge in [-0.15, -0.1) is 0 Å². The van der Waals surface area contributed by atoms with Crippen LogP contribution >= 0.6 is 0 Å². The van der Waals surface area contributed by atoms with Crippen LogP contribution in [0.3, 0.4) is 0 Å². The molecule has 1 heterocycles. The molecule has 0 aromatic heterocycles. The third-order valence-corrected chi connectivity index (χ3v) is 4.24. The number of hydrogen-bond donors (Lipinski definition) is 0. The quantitative estimate of drug-likeness (QED) is 0.241. The first-order chi connectivity index (χ1) is 13.9. The highest BCUT2D eigenvalue weighted by atomic mass is 16.7. The second-order valence-corrected chi connectivity index (χ2v) is 5.87. The van der Waals surface area contributed by atoms with Gasteiger partial charge in [-0.25, -0.2) is 0 Å². The van der Waals surface area contributed by atoms with Gasteiger partial charge >= 0.3 is 11.9 Å². The van der Waals surface area contributed by atoms with Gasteiger partial charge in [0.25, 0.3) is 0 Å². The molecule has 11 heteroatoms. The fraction of sp³-hybridized carbons (Fsp3) is 0.556. The summed E-state index contributed by atoms with van der Waals surface area (Å²) in [5.41, 5.74) is 0.163. The van der Waals surface area contributed by atoms with Crippen LogP contribution in [0.5, 0.6) is 23.0 Å². The zero-order valence-corrected chi connectivity index (χ0v) is 16.6. The molecular weight excluding hydrogens is 390 g/mol. The lowest BCUT2D eigenvalue weighted by Gasteiger charge is -2.24. The molecule has 0 N–H and O–H groups in total. The van der Waals surface area contributed by atoms with Crippen LogP contribution in [-0.2, 0) is 19.1 Å². The molecule has 1 aliphatic heterocycles. The Morgan fingerprint density at radius 3 is 2.17 bits per heavy atom. The summed E-state index contributed by atoms with van der Waals surface area (Å²) in [6.45, 7) is 2.23. The highest BCUT2D eigenvalue weighted by Crippen LogP contribution is 2.52. The maximum atomic E-state index is 12.6. The average molecular weight is 413 g/mol. The summed E-state index contributed by atoms with van der Waals surface area (Å²) < 4.78 is 31.4. The topological polar surface area (TPSA) is 133 Å². The van der Waals surface area contributed by atoms with E-state index in [-0.39, 0.29) is 48.6 Å². The summed E-state index contributed by atoms with van der Waals surface area (Å²) in [5, 5.41) is 11.4. The van der Waals surface area contributed by atoms with E-state index in [1.165, 1.54) is 20.3 Å². The first-order valence-corrected chi connectivity index (χ1v) is 8.88. The highest BCUT2D eigenvalue weighted by Gasteiger charge is 2.44. The van der Waals surface area contributed by atoms with Crippen LogP contribution in [-0.4, -0.2) is 57.6 Å². The Hall–Kier alpha value is -3.24. The fourth-order valence-electron chi connectivity index (χ4n) is 3.10. The third kappa shape index (κ3) is 4.61. The molecule has 0 spiro atoms. The fourth-order valence-corrected chi connectivity index (χ4v) is 3.10. The molecule has 29 heavy (non-hydrogen) atoms. The number of nitrogens with zero attached hydrogens (tertiary/aromatic N) is 1. The zero-order valence-electron chi connectivity index (χ0n) is 16.6. The number of hydrogen-bond acceptors (Lipinski definition) is 10. The SMILES string of the molecule is CCOC(=O)C(C(=O)OCC)C(C[N+](=O)[O-])c1cc(OC)c2c(c1OC)OCO2. The maximum absolute atomic E-state index is 12.6. The van der Waals surface area contributed by atoms with Crippen LogP contribution in [0.1, 0.15) is 25.3 Å². The lowest BCUT2D eigenvalue weighted by atomic mass is 9.84. The van der Waals surface area contributed by atoms with E-state index in [0.29, 0.717) is 0 Å². The van der Waals surface area contributed by atoms with Crippen LogP contribution in [0, 0.1) is 16.0 Å². The van der Waals surface area contributed by atoms with Crippen molar-refractivity contribution in [1.29, 1.82) is 0 Å². The standard InChI is InChI=1S/C18H23NO10/c1-5-26-17(20)13(18(21)27-6-2)11(8-19(22)23)10-7-12(24-3)15-16(14(10)25-4)29-9-28-15/h7,11,13H,5-6,8-9H2,1-4H3. The van der Waals surface area contributed by atoms with Crippen molar-refractivity contribution in [3.8, 4) is 23.0 Å². The van der Waals surface area contributed by atoms with Crippen molar-refractivity contribution in [2.75, 3.05) is 40.8 Å². The lowest BCUT2D eigenvalue weighted by molar-refractivity contribution is -0.484. The first kappa shape index (κ1) is 22.1. The van der Waals surface area contributed by atoms with Crippen molar-refractivity contribution < 1.29 is 42.9 Å². The Balaban J connectivity index is 2.68. The van der Waals surface area contributed by atoms with Gasteiger partial charge < -0.3 is 28.4 Å². The maximum Gasteiger partial charge on any atom is 0.321 e. The van der Waals surface area contributed by atoms with Gasteiger partial charge in [0.2, 0.25) is 24.8 Å². The second kappa shape index (κ2) is 9.80. The van der Waals surface area contributed by atoms with E-state index in [1.54, 1.807) is 13.8 Å². The zero-order chi connectivity index (χ0) is 21.6. The predicted octanol–water partition coefficient (Wildman–Crippen LogP) is 1.54. The highest BCUT2D eigenvalue weighted by molar-refractivity contribution is 5.96. The van der Waals surface area contributed by atoms with Gasteiger partial charge in [-0.2, -0.15) is 0 Å². The molecule has 1 atom stereocenters. The number of methoxy groups -OCH3 is 2. The largest absolute Gasteiger partial charge is 0.493 e. The van der Waals surface area contributed by atoms with Crippen LogP contribution < -0.4 is 18.9 Å². The smallest absolute Gasteiger partial charge is 0.321 e. The molecule has 11 nitrogen and oxygen atoms in total. The van der Waals surface area contributed by atoms with Crippen LogP contribution in [0.15, 0.2) is 6.07 Å². The van der Waals surface area contributed by atoms with E-state index in [0.717, 1.165) is 0 Å². The Morgan fingerprint density at radius 1 is 1.10 bits per heavy atom. The normalized spacial score (nSPS) is 13.0.